The van der Waals surface area contributed by atoms with Crippen molar-refractivity contribution in [2.45, 2.75) is 45.7 Å². The van der Waals surface area contributed by atoms with Crippen molar-refractivity contribution < 1.29 is 8.78 Å². The lowest BCUT2D eigenvalue weighted by Crippen LogP contribution is -2.41. The van der Waals surface area contributed by atoms with Gasteiger partial charge in [-0.1, -0.05) is 19.9 Å². The molecule has 3 aromatic rings. The monoisotopic (exact) mass is 357 g/mol. The third-order valence-corrected chi connectivity index (χ3v) is 4.52. The van der Waals surface area contributed by atoms with Crippen molar-refractivity contribution in [1.29, 1.82) is 0 Å². The van der Waals surface area contributed by atoms with Crippen LogP contribution >= 0.6 is 0 Å². The van der Waals surface area contributed by atoms with E-state index in [1.54, 1.807) is 6.07 Å². The van der Waals surface area contributed by atoms with E-state index in [-0.39, 0.29) is 11.2 Å². The molecule has 2 aromatic heterocycles. The summed E-state index contributed by atoms with van der Waals surface area (Å²) in [5.41, 5.74) is 8.72. The van der Waals surface area contributed by atoms with Gasteiger partial charge in [-0.05, 0) is 60.7 Å². The number of pyridine rings is 1. The summed E-state index contributed by atoms with van der Waals surface area (Å²) in [6.07, 6.45) is 1.84. The molecule has 5 heteroatoms. The van der Waals surface area contributed by atoms with Crippen molar-refractivity contribution in [2.75, 3.05) is 0 Å². The highest BCUT2D eigenvalue weighted by Gasteiger charge is 2.21. The van der Waals surface area contributed by atoms with Gasteiger partial charge in [-0.2, -0.15) is 0 Å². The van der Waals surface area contributed by atoms with Gasteiger partial charge in [0.15, 0.2) is 0 Å². The Balaban J connectivity index is 1.91. The average Bonchev–Trinajstić information content (AvgIpc) is 2.95. The quantitative estimate of drug-likeness (QED) is 0.641. The molecule has 1 atom stereocenters. The molecule has 0 bridgehead atoms. The maximum atomic E-state index is 12.9. The van der Waals surface area contributed by atoms with Gasteiger partial charge < -0.3 is 10.3 Å². The molecule has 3 rings (SSSR count). The molecule has 2 heterocycles. The highest BCUT2D eigenvalue weighted by molar-refractivity contribution is 5.85. The molecule has 0 saturated heterocycles. The summed E-state index contributed by atoms with van der Waals surface area (Å²) in [7, 11) is 0. The van der Waals surface area contributed by atoms with Gasteiger partial charge in [0.2, 0.25) is 0 Å². The van der Waals surface area contributed by atoms with Crippen LogP contribution in [0.2, 0.25) is 0 Å². The maximum absolute atomic E-state index is 12.9. The minimum Gasteiger partial charge on any atom is -0.346 e. The zero-order valence-corrected chi connectivity index (χ0v) is 15.4. The Morgan fingerprint density at radius 3 is 2.54 bits per heavy atom. The van der Waals surface area contributed by atoms with Gasteiger partial charge in [0, 0.05) is 35.4 Å². The van der Waals surface area contributed by atoms with Crippen molar-refractivity contribution in [2.24, 2.45) is 11.7 Å². The summed E-state index contributed by atoms with van der Waals surface area (Å²) in [6, 6.07) is 11.2. The Morgan fingerprint density at radius 1 is 1.12 bits per heavy atom. The fourth-order valence-electron chi connectivity index (χ4n) is 3.65. The van der Waals surface area contributed by atoms with Crippen LogP contribution in [-0.2, 0) is 6.54 Å². The third-order valence-electron chi connectivity index (χ3n) is 4.52. The molecule has 0 aliphatic heterocycles. The molecule has 0 aliphatic rings. The largest absolute Gasteiger partial charge is 0.346 e. The second-order valence-corrected chi connectivity index (χ2v) is 7.74. The zero-order chi connectivity index (χ0) is 18.9. The van der Waals surface area contributed by atoms with E-state index in [9.17, 15) is 8.78 Å². The van der Waals surface area contributed by atoms with Crippen LogP contribution in [0.3, 0.4) is 0 Å². The number of nitrogens with two attached hydrogens (primary N) is 1. The van der Waals surface area contributed by atoms with E-state index in [0.717, 1.165) is 35.0 Å². The van der Waals surface area contributed by atoms with E-state index in [0.29, 0.717) is 5.92 Å². The highest BCUT2D eigenvalue weighted by Crippen LogP contribution is 2.28. The van der Waals surface area contributed by atoms with Gasteiger partial charge in [0.05, 0.1) is 0 Å². The molecule has 3 nitrogen and oxygen atoms in total. The number of fused-ring (bicyclic) bond motifs is 1. The summed E-state index contributed by atoms with van der Waals surface area (Å²) in [5, 5.41) is 1.07. The normalized spacial score (nSPS) is 14.3. The maximum Gasteiger partial charge on any atom is 0.280 e. The molecule has 0 spiro atoms. The standard InChI is InChI=1S/C21H25F2N3/c1-14(2)12-21(3,24)13-26-9-7-17-10-15(4-5-19(17)26)16-6-8-25-18(11-16)20(22)23/h4-11,14,20H,12-13,24H2,1-3H3/t21-/m1/s1. The molecule has 0 radical (unpaired) electrons. The number of nitrogens with zero attached hydrogens (tertiary/aromatic N) is 2. The summed E-state index contributed by atoms with van der Waals surface area (Å²) in [4.78, 5) is 3.73. The molecule has 0 aliphatic carbocycles. The number of rotatable bonds is 6. The lowest BCUT2D eigenvalue weighted by atomic mass is 9.91. The van der Waals surface area contributed by atoms with Crippen LogP contribution in [0.5, 0.6) is 0 Å². The minimum absolute atomic E-state index is 0.201. The van der Waals surface area contributed by atoms with Crippen molar-refractivity contribution in [3.05, 3.63) is 54.5 Å². The zero-order valence-electron chi connectivity index (χ0n) is 15.4. The molecule has 1 aromatic carbocycles. The Hall–Kier alpha value is -2.27. The minimum atomic E-state index is -2.57. The first kappa shape index (κ1) is 18.5. The van der Waals surface area contributed by atoms with Gasteiger partial charge in [0.1, 0.15) is 5.69 Å². The highest BCUT2D eigenvalue weighted by atomic mass is 19.3. The first-order valence-corrected chi connectivity index (χ1v) is 8.87. The SMILES string of the molecule is CC(C)C[C@@](C)(N)Cn1ccc2cc(-c3ccnc(C(F)F)c3)ccc21. The molecular formula is C21H25F2N3. The fourth-order valence-corrected chi connectivity index (χ4v) is 3.65. The summed E-state index contributed by atoms with van der Waals surface area (Å²) >= 11 is 0. The van der Waals surface area contributed by atoms with Crippen LogP contribution in [-0.4, -0.2) is 15.1 Å². The molecule has 26 heavy (non-hydrogen) atoms. The average molecular weight is 357 g/mol. The van der Waals surface area contributed by atoms with E-state index in [1.807, 2.05) is 30.5 Å². The molecule has 0 saturated carbocycles. The number of alkyl halides is 2. The molecular weight excluding hydrogens is 332 g/mol. The van der Waals surface area contributed by atoms with Crippen LogP contribution in [0.4, 0.5) is 8.78 Å². The lowest BCUT2D eigenvalue weighted by Gasteiger charge is -2.27. The summed E-state index contributed by atoms with van der Waals surface area (Å²) < 4.78 is 27.9. The molecule has 2 N–H and O–H groups in total. The first-order valence-electron chi connectivity index (χ1n) is 8.87. The number of benzene rings is 1. The summed E-state index contributed by atoms with van der Waals surface area (Å²) in [6.45, 7) is 7.16. The lowest BCUT2D eigenvalue weighted by molar-refractivity contribution is 0.146. The van der Waals surface area contributed by atoms with Crippen molar-refractivity contribution in [1.82, 2.24) is 9.55 Å². The van der Waals surface area contributed by atoms with Crippen LogP contribution in [0.1, 0.15) is 39.3 Å². The van der Waals surface area contributed by atoms with E-state index >= 15 is 0 Å². The Morgan fingerprint density at radius 2 is 1.85 bits per heavy atom. The Labute approximate surface area is 152 Å². The predicted molar refractivity (Wildman–Crippen MR) is 102 cm³/mol. The van der Waals surface area contributed by atoms with Gasteiger partial charge >= 0.3 is 0 Å². The number of hydrogen-bond donors (Lipinski definition) is 1. The smallest absolute Gasteiger partial charge is 0.280 e. The third kappa shape index (κ3) is 4.10. The van der Waals surface area contributed by atoms with Crippen molar-refractivity contribution in [3.63, 3.8) is 0 Å². The van der Waals surface area contributed by atoms with Crippen LogP contribution in [0.15, 0.2) is 48.8 Å². The second-order valence-electron chi connectivity index (χ2n) is 7.74. The molecule has 0 fully saturated rings. The van der Waals surface area contributed by atoms with E-state index < -0.39 is 6.43 Å². The molecule has 0 unspecified atom stereocenters. The van der Waals surface area contributed by atoms with E-state index in [4.69, 9.17) is 5.73 Å². The second kappa shape index (κ2) is 7.16. The Kier molecular flexibility index (Phi) is 5.10. The fraction of sp³-hybridized carbons (Fsp3) is 0.381. The van der Waals surface area contributed by atoms with E-state index in [2.05, 4.69) is 30.3 Å². The van der Waals surface area contributed by atoms with Crippen LogP contribution in [0, 0.1) is 5.92 Å². The predicted octanol–water partition coefficient (Wildman–Crippen LogP) is 5.40. The van der Waals surface area contributed by atoms with Crippen molar-refractivity contribution >= 4 is 10.9 Å². The summed E-state index contributed by atoms with van der Waals surface area (Å²) in [5.74, 6) is 0.536. The number of hydrogen-bond acceptors (Lipinski definition) is 2. The molecule has 0 amide bonds. The van der Waals surface area contributed by atoms with Crippen molar-refractivity contribution in [3.8, 4) is 11.1 Å². The van der Waals surface area contributed by atoms with Gasteiger partial charge in [0.25, 0.3) is 6.43 Å². The van der Waals surface area contributed by atoms with E-state index in [1.165, 1.54) is 12.3 Å². The number of halogens is 2. The number of aromatic nitrogens is 2. The topological polar surface area (TPSA) is 43.8 Å². The molecule has 138 valence electrons. The van der Waals surface area contributed by atoms with Gasteiger partial charge in [-0.15, -0.1) is 0 Å². The van der Waals surface area contributed by atoms with Crippen LogP contribution < -0.4 is 5.73 Å². The van der Waals surface area contributed by atoms with Gasteiger partial charge in [-0.25, -0.2) is 8.78 Å². The van der Waals surface area contributed by atoms with Gasteiger partial charge in [-0.3, -0.25) is 4.98 Å². The first-order chi connectivity index (χ1) is 12.2. The Bertz CT molecular complexity index is 897. The van der Waals surface area contributed by atoms with Crippen LogP contribution in [0.25, 0.3) is 22.0 Å².